The van der Waals surface area contributed by atoms with Crippen molar-refractivity contribution in [2.24, 2.45) is 46.8 Å². The number of carbonyl (C=O) groups excluding carboxylic acids is 1. The fourth-order valence-corrected chi connectivity index (χ4v) is 8.95. The Kier molecular flexibility index (Phi) is 5.73. The van der Waals surface area contributed by atoms with Crippen LogP contribution in [0.3, 0.4) is 0 Å². The van der Waals surface area contributed by atoms with Crippen molar-refractivity contribution >= 4 is 5.91 Å². The van der Waals surface area contributed by atoms with E-state index in [0.29, 0.717) is 17.2 Å². The van der Waals surface area contributed by atoms with E-state index >= 15 is 0 Å². The zero-order valence-corrected chi connectivity index (χ0v) is 18.9. The molecule has 5 aliphatic rings. The number of ether oxygens (including phenoxy) is 1. The van der Waals surface area contributed by atoms with E-state index in [2.05, 4.69) is 18.7 Å². The van der Waals surface area contributed by atoms with Crippen molar-refractivity contribution in [2.75, 3.05) is 26.3 Å². The lowest BCUT2D eigenvalue weighted by atomic mass is 9.49. The number of nitrogens with zero attached hydrogens (tertiary/aromatic N) is 1. The van der Waals surface area contributed by atoms with E-state index in [4.69, 9.17) is 4.74 Å². The van der Waals surface area contributed by atoms with Crippen molar-refractivity contribution < 1.29 is 9.53 Å². The molecule has 1 saturated heterocycles. The highest BCUT2D eigenvalue weighted by Crippen LogP contribution is 2.64. The van der Waals surface area contributed by atoms with Crippen LogP contribution in [-0.4, -0.2) is 37.1 Å². The van der Waals surface area contributed by atoms with Gasteiger partial charge in [0.15, 0.2) is 0 Å². The predicted octanol–water partition coefficient (Wildman–Crippen LogP) is 5.53. The SMILES string of the molecule is CCOCC1CCC2C(CCC3C2CCC2(C)C3CC[C@@H]2C(=O)N2CCCC2)C1. The minimum Gasteiger partial charge on any atom is -0.381 e. The molecule has 29 heavy (non-hydrogen) atoms. The first-order valence-corrected chi connectivity index (χ1v) is 13.0. The summed E-state index contributed by atoms with van der Waals surface area (Å²) >= 11 is 0. The monoisotopic (exact) mass is 401 g/mol. The topological polar surface area (TPSA) is 29.5 Å². The molecule has 4 aliphatic carbocycles. The lowest BCUT2D eigenvalue weighted by Gasteiger charge is -2.56. The third-order valence-corrected chi connectivity index (χ3v) is 10.3. The maximum absolute atomic E-state index is 13.3. The second-order valence-electron chi connectivity index (χ2n) is 11.5. The molecule has 3 nitrogen and oxygen atoms in total. The summed E-state index contributed by atoms with van der Waals surface area (Å²) in [6.45, 7) is 8.55. The van der Waals surface area contributed by atoms with Gasteiger partial charge in [-0.05, 0) is 118 Å². The number of hydrogen-bond acceptors (Lipinski definition) is 2. The third-order valence-electron chi connectivity index (χ3n) is 10.3. The van der Waals surface area contributed by atoms with Crippen molar-refractivity contribution in [2.45, 2.75) is 84.5 Å². The van der Waals surface area contributed by atoms with Crippen LogP contribution >= 0.6 is 0 Å². The van der Waals surface area contributed by atoms with E-state index in [1.807, 2.05) is 0 Å². The quantitative estimate of drug-likeness (QED) is 0.620. The molecular weight excluding hydrogens is 358 g/mol. The Hall–Kier alpha value is -0.570. The lowest BCUT2D eigenvalue weighted by Crippen LogP contribution is -2.50. The molecule has 1 aliphatic heterocycles. The fraction of sp³-hybridized carbons (Fsp3) is 0.962. The molecule has 1 heterocycles. The minimum absolute atomic E-state index is 0.292. The van der Waals surface area contributed by atoms with Gasteiger partial charge in [-0.15, -0.1) is 0 Å². The minimum atomic E-state index is 0.292. The summed E-state index contributed by atoms with van der Waals surface area (Å²) in [5, 5.41) is 0. The fourth-order valence-electron chi connectivity index (χ4n) is 8.95. The first-order chi connectivity index (χ1) is 14.1. The van der Waals surface area contributed by atoms with Crippen LogP contribution < -0.4 is 0 Å². The number of carbonyl (C=O) groups is 1. The highest BCUT2D eigenvalue weighted by atomic mass is 16.5. The van der Waals surface area contributed by atoms with Crippen molar-refractivity contribution in [1.82, 2.24) is 4.90 Å². The van der Waals surface area contributed by atoms with Crippen LogP contribution in [-0.2, 0) is 9.53 Å². The molecule has 0 aromatic heterocycles. The Morgan fingerprint density at radius 3 is 2.55 bits per heavy atom. The molecular formula is C26H43NO2. The molecule has 0 aromatic rings. The smallest absolute Gasteiger partial charge is 0.226 e. The molecule has 164 valence electrons. The van der Waals surface area contributed by atoms with E-state index in [9.17, 15) is 4.79 Å². The largest absolute Gasteiger partial charge is 0.381 e. The molecule has 0 N–H and O–H groups in total. The van der Waals surface area contributed by atoms with Crippen LogP contribution in [0, 0.1) is 46.8 Å². The standard InChI is InChI=1S/C26H43NO2/c1-3-29-17-18-6-8-20-19(16-18)7-9-22-21(20)12-13-26(2)23(22)10-11-24(26)25(28)27-14-4-5-15-27/h18-24H,3-17H2,1-2H3/t18?,19?,20?,21?,22?,23?,24-,26?/m1/s1. The van der Waals surface area contributed by atoms with Gasteiger partial charge in [0.1, 0.15) is 0 Å². The van der Waals surface area contributed by atoms with E-state index < -0.39 is 0 Å². The maximum Gasteiger partial charge on any atom is 0.226 e. The van der Waals surface area contributed by atoms with Gasteiger partial charge in [-0.25, -0.2) is 0 Å². The molecule has 7 unspecified atom stereocenters. The second-order valence-corrected chi connectivity index (χ2v) is 11.5. The molecule has 3 heteroatoms. The Bertz CT molecular complexity index is 600. The van der Waals surface area contributed by atoms with Crippen LogP contribution in [0.2, 0.25) is 0 Å². The second kappa shape index (κ2) is 8.17. The molecule has 4 saturated carbocycles. The van der Waals surface area contributed by atoms with Gasteiger partial charge in [0, 0.05) is 32.2 Å². The van der Waals surface area contributed by atoms with Crippen LogP contribution in [0.5, 0.6) is 0 Å². The normalized spacial score (nSPS) is 46.8. The van der Waals surface area contributed by atoms with E-state index in [0.717, 1.165) is 61.8 Å². The first-order valence-electron chi connectivity index (χ1n) is 13.0. The zero-order chi connectivity index (χ0) is 20.0. The van der Waals surface area contributed by atoms with Gasteiger partial charge in [-0.2, -0.15) is 0 Å². The summed E-state index contributed by atoms with van der Waals surface area (Å²) in [5.74, 6) is 6.29. The lowest BCUT2D eigenvalue weighted by molar-refractivity contribution is -0.142. The highest BCUT2D eigenvalue weighted by Gasteiger charge is 2.59. The van der Waals surface area contributed by atoms with Gasteiger partial charge in [0.05, 0.1) is 0 Å². The van der Waals surface area contributed by atoms with Gasteiger partial charge in [0.25, 0.3) is 0 Å². The molecule has 5 rings (SSSR count). The van der Waals surface area contributed by atoms with Gasteiger partial charge >= 0.3 is 0 Å². The number of hydrogen-bond donors (Lipinski definition) is 0. The van der Waals surface area contributed by atoms with Crippen molar-refractivity contribution in [3.63, 3.8) is 0 Å². The van der Waals surface area contributed by atoms with Crippen molar-refractivity contribution in [3.8, 4) is 0 Å². The van der Waals surface area contributed by atoms with Crippen LogP contribution in [0.4, 0.5) is 0 Å². The van der Waals surface area contributed by atoms with E-state index in [1.165, 1.54) is 70.6 Å². The highest BCUT2D eigenvalue weighted by molar-refractivity contribution is 5.80. The number of amides is 1. The Balaban J connectivity index is 1.27. The Morgan fingerprint density at radius 1 is 0.966 bits per heavy atom. The van der Waals surface area contributed by atoms with Crippen LogP contribution in [0.25, 0.3) is 0 Å². The molecule has 5 fully saturated rings. The van der Waals surface area contributed by atoms with Gasteiger partial charge in [-0.3, -0.25) is 4.79 Å². The van der Waals surface area contributed by atoms with Crippen molar-refractivity contribution in [1.29, 1.82) is 0 Å². The predicted molar refractivity (Wildman–Crippen MR) is 116 cm³/mol. The molecule has 8 atom stereocenters. The Morgan fingerprint density at radius 2 is 1.76 bits per heavy atom. The average Bonchev–Trinajstić information content (AvgIpc) is 3.39. The summed E-state index contributed by atoms with van der Waals surface area (Å²) in [7, 11) is 0. The molecule has 1 amide bonds. The number of fused-ring (bicyclic) bond motifs is 5. The first kappa shape index (κ1) is 20.3. The van der Waals surface area contributed by atoms with E-state index in [-0.39, 0.29) is 0 Å². The molecule has 0 bridgehead atoms. The van der Waals surface area contributed by atoms with Crippen molar-refractivity contribution in [3.05, 3.63) is 0 Å². The molecule has 0 aromatic carbocycles. The number of rotatable bonds is 4. The Labute approximate surface area is 178 Å². The average molecular weight is 402 g/mol. The summed E-state index contributed by atoms with van der Waals surface area (Å²) in [6, 6.07) is 0. The van der Waals surface area contributed by atoms with E-state index in [1.54, 1.807) is 0 Å². The van der Waals surface area contributed by atoms with Gasteiger partial charge < -0.3 is 9.64 Å². The summed E-state index contributed by atoms with van der Waals surface area (Å²) in [5.41, 5.74) is 0.292. The summed E-state index contributed by atoms with van der Waals surface area (Å²) in [4.78, 5) is 15.5. The van der Waals surface area contributed by atoms with Gasteiger partial charge in [0.2, 0.25) is 5.91 Å². The summed E-state index contributed by atoms with van der Waals surface area (Å²) in [6.07, 6.45) is 14.8. The molecule has 0 radical (unpaired) electrons. The third kappa shape index (κ3) is 3.48. The molecule has 0 spiro atoms. The number of likely N-dealkylation sites (tertiary alicyclic amines) is 1. The zero-order valence-electron chi connectivity index (χ0n) is 18.9. The summed E-state index contributed by atoms with van der Waals surface area (Å²) < 4.78 is 5.77. The maximum atomic E-state index is 13.3. The van der Waals surface area contributed by atoms with Crippen LogP contribution in [0.15, 0.2) is 0 Å². The van der Waals surface area contributed by atoms with Crippen LogP contribution in [0.1, 0.15) is 84.5 Å². The van der Waals surface area contributed by atoms with Gasteiger partial charge in [-0.1, -0.05) is 6.92 Å².